The van der Waals surface area contributed by atoms with Crippen LogP contribution >= 0.6 is 0 Å². The third-order valence-electron chi connectivity index (χ3n) is 8.99. The number of hydrogen-bond acceptors (Lipinski definition) is 2. The van der Waals surface area contributed by atoms with Gasteiger partial charge < -0.3 is 4.74 Å². The summed E-state index contributed by atoms with van der Waals surface area (Å²) in [4.78, 5) is 12.8. The van der Waals surface area contributed by atoms with E-state index < -0.39 is 0 Å². The largest absolute Gasteiger partial charge is 0.498 e. The molecule has 5 rings (SSSR count). The second-order valence-electron chi connectivity index (χ2n) is 10.2. The molecule has 0 amide bonds. The van der Waals surface area contributed by atoms with Gasteiger partial charge in [-0.1, -0.05) is 44.2 Å². The average molecular weight is 391 g/mol. The van der Waals surface area contributed by atoms with Crippen LogP contribution in [0.2, 0.25) is 0 Å². The standard InChI is InChI=1S/C27H34O2/c1-4-29-19-12-14-26(2)23-13-15-27(3)22(10-11-25(27)28)21(23)17-20(24(26)16-19)18-8-6-5-7-9-18/h5-9,16,21-23H,4,10-15,17H2,1-3H3. The van der Waals surface area contributed by atoms with Crippen LogP contribution in [0.25, 0.3) is 5.57 Å². The summed E-state index contributed by atoms with van der Waals surface area (Å²) in [6, 6.07) is 11.0. The highest BCUT2D eigenvalue weighted by atomic mass is 16.5. The van der Waals surface area contributed by atoms with E-state index in [-0.39, 0.29) is 10.8 Å². The van der Waals surface area contributed by atoms with Crippen LogP contribution < -0.4 is 0 Å². The molecule has 0 heterocycles. The van der Waals surface area contributed by atoms with Crippen molar-refractivity contribution in [1.29, 1.82) is 0 Å². The van der Waals surface area contributed by atoms with Crippen molar-refractivity contribution in [1.82, 2.24) is 0 Å². The van der Waals surface area contributed by atoms with E-state index in [9.17, 15) is 4.79 Å². The molecule has 2 nitrogen and oxygen atoms in total. The van der Waals surface area contributed by atoms with Gasteiger partial charge in [-0.2, -0.15) is 0 Å². The predicted molar refractivity (Wildman–Crippen MR) is 117 cm³/mol. The SMILES string of the molecule is CCOC1=CC2=C(c3ccccc3)CC3C4CCC(=O)C4(C)CCC3C2(C)CC1. The van der Waals surface area contributed by atoms with E-state index >= 15 is 0 Å². The van der Waals surface area contributed by atoms with Gasteiger partial charge in [-0.25, -0.2) is 0 Å². The molecule has 29 heavy (non-hydrogen) atoms. The van der Waals surface area contributed by atoms with Crippen molar-refractivity contribution in [2.45, 2.75) is 65.7 Å². The van der Waals surface area contributed by atoms with Crippen molar-refractivity contribution in [3.8, 4) is 0 Å². The highest BCUT2D eigenvalue weighted by molar-refractivity contribution is 5.87. The summed E-state index contributed by atoms with van der Waals surface area (Å²) in [6.45, 7) is 7.61. The lowest BCUT2D eigenvalue weighted by atomic mass is 9.47. The molecule has 154 valence electrons. The van der Waals surface area contributed by atoms with Crippen LogP contribution in [0.3, 0.4) is 0 Å². The van der Waals surface area contributed by atoms with Crippen molar-refractivity contribution in [2.75, 3.05) is 6.61 Å². The molecule has 4 aliphatic rings. The molecule has 5 unspecified atom stereocenters. The van der Waals surface area contributed by atoms with Gasteiger partial charge in [0.1, 0.15) is 5.78 Å². The lowest BCUT2D eigenvalue weighted by Crippen LogP contribution is -2.50. The fraction of sp³-hybridized carbons (Fsp3) is 0.593. The number of ether oxygens (including phenoxy) is 1. The van der Waals surface area contributed by atoms with E-state index in [4.69, 9.17) is 4.74 Å². The minimum Gasteiger partial charge on any atom is -0.498 e. The van der Waals surface area contributed by atoms with Crippen molar-refractivity contribution in [3.63, 3.8) is 0 Å². The average Bonchev–Trinajstić information content (AvgIpc) is 3.03. The number of Topliss-reactive ketones (excluding diaryl/α,β-unsaturated/α-hetero) is 1. The highest BCUT2D eigenvalue weighted by Gasteiger charge is 2.59. The van der Waals surface area contributed by atoms with E-state index in [1.54, 1.807) is 0 Å². The molecule has 4 aliphatic carbocycles. The Kier molecular flexibility index (Phi) is 4.53. The van der Waals surface area contributed by atoms with Gasteiger partial charge >= 0.3 is 0 Å². The number of carbonyl (C=O) groups excluding carboxylic acids is 1. The molecule has 0 aliphatic heterocycles. The summed E-state index contributed by atoms with van der Waals surface area (Å²) in [5.74, 6) is 3.57. The molecule has 0 aromatic heterocycles. The Balaban J connectivity index is 1.65. The second-order valence-corrected chi connectivity index (χ2v) is 10.2. The number of hydrogen-bond donors (Lipinski definition) is 0. The predicted octanol–water partition coefficient (Wildman–Crippen LogP) is 6.58. The molecule has 1 aromatic carbocycles. The number of fused-ring (bicyclic) bond motifs is 5. The first-order chi connectivity index (χ1) is 14.0. The van der Waals surface area contributed by atoms with Gasteiger partial charge in [-0.3, -0.25) is 4.79 Å². The van der Waals surface area contributed by atoms with Gasteiger partial charge in [0.25, 0.3) is 0 Å². The zero-order valence-electron chi connectivity index (χ0n) is 18.2. The molecule has 0 spiro atoms. The zero-order chi connectivity index (χ0) is 20.2. The van der Waals surface area contributed by atoms with Gasteiger partial charge in [0, 0.05) is 18.3 Å². The van der Waals surface area contributed by atoms with Crippen molar-refractivity contribution in [2.24, 2.45) is 28.6 Å². The van der Waals surface area contributed by atoms with Gasteiger partial charge in [-0.15, -0.1) is 0 Å². The molecule has 2 heteroatoms. The van der Waals surface area contributed by atoms with Crippen molar-refractivity contribution in [3.05, 3.63) is 53.3 Å². The number of carbonyl (C=O) groups is 1. The van der Waals surface area contributed by atoms with E-state index in [0.717, 1.165) is 44.5 Å². The normalized spacial score (nSPS) is 38.8. The fourth-order valence-electron chi connectivity index (χ4n) is 7.42. The molecule has 0 saturated heterocycles. The third kappa shape index (κ3) is 2.78. The topological polar surface area (TPSA) is 26.3 Å². The first-order valence-corrected chi connectivity index (χ1v) is 11.6. The van der Waals surface area contributed by atoms with Crippen LogP contribution in [0.15, 0.2) is 47.7 Å². The van der Waals surface area contributed by atoms with Gasteiger partial charge in [-0.05, 0) is 85.0 Å². The van der Waals surface area contributed by atoms with E-state index in [2.05, 4.69) is 57.2 Å². The van der Waals surface area contributed by atoms with E-state index in [0.29, 0.717) is 23.5 Å². The molecule has 1 aromatic rings. The van der Waals surface area contributed by atoms with Crippen LogP contribution in [-0.2, 0) is 9.53 Å². The lowest BCUT2D eigenvalue weighted by molar-refractivity contribution is -0.131. The summed E-state index contributed by atoms with van der Waals surface area (Å²) in [6.07, 6.45) is 9.90. The molecular formula is C27H34O2. The summed E-state index contributed by atoms with van der Waals surface area (Å²) in [5, 5.41) is 0. The number of allylic oxidation sites excluding steroid dienone is 4. The first-order valence-electron chi connectivity index (χ1n) is 11.6. The van der Waals surface area contributed by atoms with E-state index in [1.165, 1.54) is 29.6 Å². The molecule has 2 saturated carbocycles. The van der Waals surface area contributed by atoms with Gasteiger partial charge in [0.05, 0.1) is 12.4 Å². The van der Waals surface area contributed by atoms with Gasteiger partial charge in [0.2, 0.25) is 0 Å². The van der Waals surface area contributed by atoms with Crippen LogP contribution in [0.4, 0.5) is 0 Å². The maximum Gasteiger partial charge on any atom is 0.139 e. The van der Waals surface area contributed by atoms with Crippen molar-refractivity contribution < 1.29 is 9.53 Å². The van der Waals surface area contributed by atoms with Crippen LogP contribution in [-0.4, -0.2) is 12.4 Å². The van der Waals surface area contributed by atoms with Gasteiger partial charge in [0.15, 0.2) is 0 Å². The maximum absolute atomic E-state index is 12.8. The minimum atomic E-state index is -0.0716. The van der Waals surface area contributed by atoms with Crippen molar-refractivity contribution >= 4 is 11.4 Å². The van der Waals surface area contributed by atoms with Crippen LogP contribution in [0, 0.1) is 28.6 Å². The Bertz CT molecular complexity index is 879. The minimum absolute atomic E-state index is 0.0716. The smallest absolute Gasteiger partial charge is 0.139 e. The molecule has 0 radical (unpaired) electrons. The zero-order valence-corrected chi connectivity index (χ0v) is 18.2. The number of ketones is 1. The third-order valence-corrected chi connectivity index (χ3v) is 8.99. The Morgan fingerprint density at radius 3 is 2.52 bits per heavy atom. The lowest BCUT2D eigenvalue weighted by Gasteiger charge is -2.57. The molecule has 5 atom stereocenters. The van der Waals surface area contributed by atoms with E-state index in [1.807, 2.05) is 0 Å². The maximum atomic E-state index is 12.8. The summed E-state index contributed by atoms with van der Waals surface area (Å²) in [5.41, 5.74) is 4.51. The first kappa shape index (κ1) is 19.2. The molecule has 2 fully saturated rings. The molecular weight excluding hydrogens is 356 g/mol. The highest BCUT2D eigenvalue weighted by Crippen LogP contribution is 2.65. The fourth-order valence-corrected chi connectivity index (χ4v) is 7.42. The summed E-state index contributed by atoms with van der Waals surface area (Å²) >= 11 is 0. The molecule has 0 N–H and O–H groups in total. The number of rotatable bonds is 3. The Morgan fingerprint density at radius 2 is 1.76 bits per heavy atom. The Labute approximate surface area is 175 Å². The number of benzene rings is 1. The summed E-state index contributed by atoms with van der Waals surface area (Å²) in [7, 11) is 0. The Morgan fingerprint density at radius 1 is 1.00 bits per heavy atom. The molecule has 0 bridgehead atoms. The summed E-state index contributed by atoms with van der Waals surface area (Å²) < 4.78 is 5.98. The second kappa shape index (κ2) is 6.86. The Hall–Kier alpha value is -1.83. The van der Waals surface area contributed by atoms with Crippen LogP contribution in [0.1, 0.15) is 71.3 Å². The van der Waals surface area contributed by atoms with Crippen LogP contribution in [0.5, 0.6) is 0 Å². The quantitative estimate of drug-likeness (QED) is 0.583. The monoisotopic (exact) mass is 390 g/mol.